The summed E-state index contributed by atoms with van der Waals surface area (Å²) in [5, 5.41) is 8.79. The topological polar surface area (TPSA) is 61.2 Å². The summed E-state index contributed by atoms with van der Waals surface area (Å²) < 4.78 is 26.4. The van der Waals surface area contributed by atoms with Crippen molar-refractivity contribution in [3.05, 3.63) is 65.2 Å². The van der Waals surface area contributed by atoms with Crippen molar-refractivity contribution in [2.45, 2.75) is 31.2 Å². The smallest absolute Gasteiger partial charge is 0.207 e. The van der Waals surface area contributed by atoms with Gasteiger partial charge in [-0.1, -0.05) is 38.1 Å². The van der Waals surface area contributed by atoms with Crippen LogP contribution in [0.1, 0.15) is 36.5 Å². The van der Waals surface area contributed by atoms with Crippen LogP contribution < -0.4 is 0 Å². The van der Waals surface area contributed by atoms with E-state index >= 15 is 0 Å². The van der Waals surface area contributed by atoms with Crippen LogP contribution in [0, 0.1) is 11.3 Å². The fraction of sp³-hybridized carbons (Fsp3) is 0.278. The summed E-state index contributed by atoms with van der Waals surface area (Å²) in [6, 6.07) is 15.9. The molecule has 2 aromatic carbocycles. The lowest BCUT2D eigenvalue weighted by molar-refractivity contribution is 0.466. The van der Waals surface area contributed by atoms with E-state index in [0.717, 1.165) is 5.56 Å². The second-order valence-corrected chi connectivity index (χ2v) is 7.84. The first-order valence-corrected chi connectivity index (χ1v) is 8.84. The Morgan fingerprint density at radius 2 is 1.61 bits per heavy atom. The fourth-order valence-electron chi connectivity index (χ4n) is 2.23. The van der Waals surface area contributed by atoms with E-state index in [-0.39, 0.29) is 4.90 Å². The van der Waals surface area contributed by atoms with Crippen LogP contribution >= 0.6 is 0 Å². The van der Waals surface area contributed by atoms with Crippen molar-refractivity contribution in [3.63, 3.8) is 0 Å². The van der Waals surface area contributed by atoms with Crippen molar-refractivity contribution in [1.82, 2.24) is 4.31 Å². The molecule has 5 heteroatoms. The van der Waals surface area contributed by atoms with Gasteiger partial charge in [0, 0.05) is 13.6 Å². The van der Waals surface area contributed by atoms with Gasteiger partial charge in [-0.2, -0.15) is 9.57 Å². The lowest BCUT2D eigenvalue weighted by atomic mass is 10.0. The summed E-state index contributed by atoms with van der Waals surface area (Å²) in [6.45, 7) is 4.55. The van der Waals surface area contributed by atoms with E-state index < -0.39 is 10.0 Å². The largest absolute Gasteiger partial charge is 0.243 e. The van der Waals surface area contributed by atoms with Gasteiger partial charge in [0.05, 0.1) is 16.5 Å². The number of nitrogens with zero attached hydrogens (tertiary/aromatic N) is 2. The Kier molecular flexibility index (Phi) is 5.19. The molecule has 4 nitrogen and oxygen atoms in total. The third kappa shape index (κ3) is 3.98. The van der Waals surface area contributed by atoms with Crippen molar-refractivity contribution in [3.8, 4) is 6.07 Å². The van der Waals surface area contributed by atoms with Gasteiger partial charge < -0.3 is 0 Å². The summed E-state index contributed by atoms with van der Waals surface area (Å²) >= 11 is 0. The summed E-state index contributed by atoms with van der Waals surface area (Å²) in [6.07, 6.45) is 0. The molecule has 0 aliphatic carbocycles. The first-order valence-electron chi connectivity index (χ1n) is 7.40. The Morgan fingerprint density at radius 3 is 2.09 bits per heavy atom. The van der Waals surface area contributed by atoms with Crippen molar-refractivity contribution in [1.29, 1.82) is 5.26 Å². The van der Waals surface area contributed by atoms with E-state index in [1.165, 1.54) is 34.1 Å². The number of hydrogen-bond acceptors (Lipinski definition) is 3. The first kappa shape index (κ1) is 17.2. The summed E-state index contributed by atoms with van der Waals surface area (Å²) in [7, 11) is -2.01. The van der Waals surface area contributed by atoms with Gasteiger partial charge in [-0.3, -0.25) is 0 Å². The maximum atomic E-state index is 12.6. The molecule has 0 N–H and O–H groups in total. The Labute approximate surface area is 138 Å². The van der Waals surface area contributed by atoms with Crippen LogP contribution in [0.15, 0.2) is 53.4 Å². The molecular weight excluding hydrogens is 308 g/mol. The molecule has 0 saturated carbocycles. The number of sulfonamides is 1. The van der Waals surface area contributed by atoms with E-state index in [0.29, 0.717) is 18.0 Å². The number of nitriles is 1. The minimum absolute atomic E-state index is 0.192. The summed E-state index contributed by atoms with van der Waals surface area (Å²) in [5.74, 6) is 0.448. The van der Waals surface area contributed by atoms with Gasteiger partial charge in [0.25, 0.3) is 0 Å². The van der Waals surface area contributed by atoms with Crippen LogP contribution in [0.3, 0.4) is 0 Å². The Morgan fingerprint density at radius 1 is 1.04 bits per heavy atom. The van der Waals surface area contributed by atoms with Crippen LogP contribution in [-0.2, 0) is 16.6 Å². The Balaban J connectivity index is 2.17. The van der Waals surface area contributed by atoms with Crippen molar-refractivity contribution in [2.75, 3.05) is 7.05 Å². The highest BCUT2D eigenvalue weighted by Crippen LogP contribution is 2.19. The van der Waals surface area contributed by atoms with Crippen LogP contribution in [0.2, 0.25) is 0 Å². The monoisotopic (exact) mass is 328 g/mol. The van der Waals surface area contributed by atoms with Gasteiger partial charge in [-0.15, -0.1) is 0 Å². The molecule has 0 bridgehead atoms. The highest BCUT2D eigenvalue weighted by molar-refractivity contribution is 7.89. The maximum absolute atomic E-state index is 12.6. The molecule has 0 radical (unpaired) electrons. The zero-order chi connectivity index (χ0) is 17.0. The molecule has 0 saturated heterocycles. The molecule has 0 atom stereocenters. The molecule has 0 heterocycles. The Hall–Kier alpha value is -2.16. The van der Waals surface area contributed by atoms with Gasteiger partial charge in [0.2, 0.25) is 10.0 Å². The molecule has 0 spiro atoms. The standard InChI is InChI=1S/C18H20N2O2S/c1-14(2)17-8-4-16(5-9-17)13-20(3)23(21,22)18-10-6-15(12-19)7-11-18/h4-11,14H,13H2,1-3H3. The predicted octanol–water partition coefficient (Wildman–Crippen LogP) is 3.50. The normalized spacial score (nSPS) is 11.7. The maximum Gasteiger partial charge on any atom is 0.243 e. The van der Waals surface area contributed by atoms with Crippen molar-refractivity contribution < 1.29 is 8.42 Å². The minimum atomic E-state index is -3.56. The molecule has 0 unspecified atom stereocenters. The lowest BCUT2D eigenvalue weighted by Gasteiger charge is -2.18. The second kappa shape index (κ2) is 6.95. The molecule has 0 aliphatic heterocycles. The molecule has 0 aliphatic rings. The van der Waals surface area contributed by atoms with Crippen LogP contribution in [0.4, 0.5) is 0 Å². The predicted molar refractivity (Wildman–Crippen MR) is 90.3 cm³/mol. The molecule has 2 rings (SSSR count). The molecule has 120 valence electrons. The molecular formula is C18H20N2O2S. The summed E-state index contributed by atoms with van der Waals surface area (Å²) in [4.78, 5) is 0.192. The van der Waals surface area contributed by atoms with E-state index in [1.54, 1.807) is 7.05 Å². The van der Waals surface area contributed by atoms with Gasteiger partial charge in [-0.25, -0.2) is 8.42 Å². The highest BCUT2D eigenvalue weighted by Gasteiger charge is 2.20. The first-order chi connectivity index (χ1) is 10.8. The molecule has 0 amide bonds. The third-order valence-corrected chi connectivity index (χ3v) is 5.56. The van der Waals surface area contributed by atoms with Crippen molar-refractivity contribution in [2.24, 2.45) is 0 Å². The van der Waals surface area contributed by atoms with Crippen LogP contribution in [0.25, 0.3) is 0 Å². The fourth-order valence-corrected chi connectivity index (χ4v) is 3.39. The zero-order valence-electron chi connectivity index (χ0n) is 13.5. The van der Waals surface area contributed by atoms with Crippen molar-refractivity contribution >= 4 is 10.0 Å². The van der Waals surface area contributed by atoms with Gasteiger partial charge in [0.15, 0.2) is 0 Å². The number of benzene rings is 2. The van der Waals surface area contributed by atoms with Crippen LogP contribution in [-0.4, -0.2) is 19.8 Å². The van der Waals surface area contributed by atoms with E-state index in [1.807, 2.05) is 30.3 Å². The van der Waals surface area contributed by atoms with Gasteiger partial charge >= 0.3 is 0 Å². The average Bonchev–Trinajstić information content (AvgIpc) is 2.55. The SMILES string of the molecule is CC(C)c1ccc(CN(C)S(=O)(=O)c2ccc(C#N)cc2)cc1. The summed E-state index contributed by atoms with van der Waals surface area (Å²) in [5.41, 5.74) is 2.61. The van der Waals surface area contributed by atoms with E-state index in [4.69, 9.17) is 5.26 Å². The number of rotatable bonds is 5. The van der Waals surface area contributed by atoms with E-state index in [2.05, 4.69) is 13.8 Å². The number of hydrogen-bond donors (Lipinski definition) is 0. The zero-order valence-corrected chi connectivity index (χ0v) is 14.3. The van der Waals surface area contributed by atoms with Gasteiger partial charge in [-0.05, 0) is 41.3 Å². The van der Waals surface area contributed by atoms with Crippen LogP contribution in [0.5, 0.6) is 0 Å². The minimum Gasteiger partial charge on any atom is -0.207 e. The molecule has 23 heavy (non-hydrogen) atoms. The molecule has 2 aromatic rings. The Bertz CT molecular complexity index is 802. The highest BCUT2D eigenvalue weighted by atomic mass is 32.2. The third-order valence-electron chi connectivity index (χ3n) is 3.74. The second-order valence-electron chi connectivity index (χ2n) is 5.79. The molecule has 0 aromatic heterocycles. The lowest BCUT2D eigenvalue weighted by Crippen LogP contribution is -2.26. The van der Waals surface area contributed by atoms with E-state index in [9.17, 15) is 8.42 Å². The average molecular weight is 328 g/mol. The van der Waals surface area contributed by atoms with Gasteiger partial charge in [0.1, 0.15) is 0 Å². The molecule has 0 fully saturated rings. The quantitative estimate of drug-likeness (QED) is 0.844.